The molecular formula is C7H15NO. The topological polar surface area (TPSA) is 23.5 Å². The van der Waals surface area contributed by atoms with E-state index < -0.39 is 50.1 Å². The van der Waals surface area contributed by atoms with E-state index in [0.717, 1.165) is 0 Å². The van der Waals surface area contributed by atoms with Crippen molar-refractivity contribution in [3.8, 4) is 0 Å². The summed E-state index contributed by atoms with van der Waals surface area (Å²) >= 11 is 0. The summed E-state index contributed by atoms with van der Waals surface area (Å²) in [5.74, 6) is 0. The molecule has 1 aliphatic rings. The first-order chi connectivity index (χ1) is 9.62. The fraction of sp³-hybridized carbons (Fsp3) is 1.00. The van der Waals surface area contributed by atoms with Crippen LogP contribution < -0.4 is 0 Å². The Labute approximate surface area is 76.1 Å². The first kappa shape index (κ1) is 1.07. The zero-order valence-electron chi connectivity index (χ0n) is 18.4. The minimum absolute atomic E-state index is 0.688. The first-order valence-corrected chi connectivity index (χ1v) is 2.14. The molecule has 1 aliphatic heterocycles. The van der Waals surface area contributed by atoms with E-state index in [0.29, 0.717) is 0 Å². The molecule has 9 heavy (non-hydrogen) atoms. The summed E-state index contributed by atoms with van der Waals surface area (Å²) in [7, 11) is 0. The lowest BCUT2D eigenvalue weighted by Gasteiger charge is -2.21. The van der Waals surface area contributed by atoms with Gasteiger partial charge in [0.25, 0.3) is 0 Å². The van der Waals surface area contributed by atoms with Crippen LogP contribution in [0, 0.1) is 0 Å². The van der Waals surface area contributed by atoms with E-state index in [1.807, 2.05) is 0 Å². The van der Waals surface area contributed by atoms with Crippen molar-refractivity contribution in [1.29, 1.82) is 0 Å². The van der Waals surface area contributed by atoms with Crippen LogP contribution in [0.3, 0.4) is 0 Å². The number of likely N-dealkylation sites (N-methyl/N-ethyl adjacent to an activating group) is 1. The largest absolute Gasteiger partial charge is 0.392 e. The van der Waals surface area contributed by atoms with Gasteiger partial charge in [0.05, 0.1) is 7.45 Å². The Bertz CT molecular complexity index is 490. The Morgan fingerprint density at radius 1 is 2.22 bits per heavy atom. The Balaban J connectivity index is 3.93. The normalized spacial score (nSPS) is 87.2. The van der Waals surface area contributed by atoms with Crippen LogP contribution in [0.1, 0.15) is 38.8 Å². The van der Waals surface area contributed by atoms with Gasteiger partial charge in [0.1, 0.15) is 0 Å². The van der Waals surface area contributed by atoms with Gasteiger partial charge < -0.3 is 10.0 Å². The third-order valence-corrected chi connectivity index (χ3v) is 0.797. The molecule has 0 aromatic carbocycles. The second-order valence-electron chi connectivity index (χ2n) is 1.39. The maximum Gasteiger partial charge on any atom is 0.0667 e. The number of hydrogen-bond donors (Lipinski definition) is 1. The Morgan fingerprint density at radius 3 is 3.78 bits per heavy atom. The van der Waals surface area contributed by atoms with Gasteiger partial charge in [-0.1, -0.05) is 0 Å². The quantitative estimate of drug-likeness (QED) is 0.576. The van der Waals surface area contributed by atoms with Crippen molar-refractivity contribution in [3.63, 3.8) is 0 Å². The minimum Gasteiger partial charge on any atom is -0.392 e. The van der Waals surface area contributed by atoms with Gasteiger partial charge >= 0.3 is 0 Å². The van der Waals surface area contributed by atoms with E-state index in [4.69, 9.17) is 19.2 Å². The molecule has 2 unspecified atom stereocenters. The summed E-state index contributed by atoms with van der Waals surface area (Å²) in [5, 5.41) is 10.00. The Hall–Kier alpha value is -0.0800. The van der Waals surface area contributed by atoms with Crippen LogP contribution in [0.25, 0.3) is 0 Å². The average Bonchev–Trinajstić information content (AvgIpc) is 2.31. The standard InChI is InChI=1S/C7H15NO/c1-6(9)7-4-3-5-8(7)2/h6-7,9H,3-5H2,1-2H3/i1D3,2D3,3D2,4D2,5D2,6D,7D. The van der Waals surface area contributed by atoms with Crippen molar-refractivity contribution in [2.75, 3.05) is 13.5 Å². The number of hydrogen-bond acceptors (Lipinski definition) is 2. The smallest absolute Gasteiger partial charge is 0.0667 e. The van der Waals surface area contributed by atoms with Crippen molar-refractivity contribution < 1.29 is 24.3 Å². The highest BCUT2D eigenvalue weighted by Crippen LogP contribution is 2.17. The fourth-order valence-corrected chi connectivity index (χ4v) is 0.420. The molecule has 0 radical (unpaired) electrons. The summed E-state index contributed by atoms with van der Waals surface area (Å²) < 4.78 is 104. The van der Waals surface area contributed by atoms with Crippen LogP contribution in [0.2, 0.25) is 0 Å². The maximum atomic E-state index is 10.00. The highest BCUT2D eigenvalue weighted by atomic mass is 16.3. The summed E-state index contributed by atoms with van der Waals surface area (Å²) in [6, 6.07) is -4.00. The van der Waals surface area contributed by atoms with E-state index >= 15 is 0 Å². The highest BCUT2D eigenvalue weighted by Gasteiger charge is 2.24. The minimum atomic E-state index is -4.14. The summed E-state index contributed by atoms with van der Waals surface area (Å²) in [5.41, 5.74) is 0. The molecule has 0 aromatic heterocycles. The predicted molar refractivity (Wildman–Crippen MR) is 37.3 cm³/mol. The van der Waals surface area contributed by atoms with Crippen molar-refractivity contribution in [3.05, 3.63) is 0 Å². The zero-order valence-corrected chi connectivity index (χ0v) is 4.39. The monoisotopic (exact) mass is 143 g/mol. The van der Waals surface area contributed by atoms with Gasteiger partial charge in [0.15, 0.2) is 0 Å². The Morgan fingerprint density at radius 2 is 3.11 bits per heavy atom. The van der Waals surface area contributed by atoms with Crippen molar-refractivity contribution in [1.82, 2.24) is 4.90 Å². The van der Waals surface area contributed by atoms with E-state index in [-0.39, 0.29) is 0 Å². The van der Waals surface area contributed by atoms with Crippen molar-refractivity contribution in [2.24, 2.45) is 0 Å². The van der Waals surface area contributed by atoms with Crippen molar-refractivity contribution in [2.45, 2.75) is 31.7 Å². The van der Waals surface area contributed by atoms with E-state index in [1.165, 1.54) is 0 Å². The third-order valence-electron chi connectivity index (χ3n) is 0.797. The lowest BCUT2D eigenvalue weighted by atomic mass is 10.1. The molecule has 0 saturated carbocycles. The lowest BCUT2D eigenvalue weighted by Crippen LogP contribution is -2.34. The van der Waals surface area contributed by atoms with Crippen molar-refractivity contribution >= 4 is 0 Å². The molecule has 2 heteroatoms. The lowest BCUT2D eigenvalue weighted by molar-refractivity contribution is 0.101. The molecule has 2 atom stereocenters. The number of aliphatic hydroxyl groups is 1. The van der Waals surface area contributed by atoms with Crippen LogP contribution in [0.15, 0.2) is 0 Å². The molecule has 1 rings (SSSR count). The van der Waals surface area contributed by atoms with Gasteiger partial charge in [0.2, 0.25) is 0 Å². The number of likely N-dealkylation sites (tertiary alicyclic amines) is 1. The first-order valence-electron chi connectivity index (χ1n) is 9.14. The molecule has 1 N–H and O–H groups in total. The third kappa shape index (κ3) is 1.43. The zero-order chi connectivity index (χ0) is 19.1. The molecule has 1 heterocycles. The molecule has 0 amide bonds. The SMILES string of the molecule is [2H]C([2H])([2H])N1C([2H])([2H])C([2H])([2H])C([2H])([2H])C1([2H])C([2H])(O)C([2H])([2H])[2H]. The Kier molecular flexibility index (Phi) is 0.316. The van der Waals surface area contributed by atoms with Gasteiger partial charge in [-0.15, -0.1) is 0 Å². The number of rotatable bonds is 1. The summed E-state index contributed by atoms with van der Waals surface area (Å²) in [4.78, 5) is -0.688. The molecule has 54 valence electrons. The van der Waals surface area contributed by atoms with Crippen LogP contribution in [-0.4, -0.2) is 35.6 Å². The molecule has 1 fully saturated rings. The van der Waals surface area contributed by atoms with Gasteiger partial charge in [-0.25, -0.2) is 0 Å². The number of nitrogens with zero attached hydrogens (tertiary/aromatic N) is 1. The molecule has 0 spiro atoms. The fourth-order valence-electron chi connectivity index (χ4n) is 0.420. The predicted octanol–water partition coefficient (Wildman–Crippen LogP) is 0.461. The molecule has 0 bridgehead atoms. The maximum absolute atomic E-state index is 10.00. The van der Waals surface area contributed by atoms with Crippen LogP contribution in [0.5, 0.6) is 0 Å². The van der Waals surface area contributed by atoms with Crippen LogP contribution >= 0.6 is 0 Å². The summed E-state index contributed by atoms with van der Waals surface area (Å²) in [6.45, 7) is -11.2. The molecule has 0 aromatic rings. The van der Waals surface area contributed by atoms with E-state index in [1.54, 1.807) is 0 Å². The molecule has 2 nitrogen and oxygen atoms in total. The van der Waals surface area contributed by atoms with Crippen LogP contribution in [0.4, 0.5) is 0 Å². The van der Waals surface area contributed by atoms with Gasteiger partial charge in [-0.05, 0) is 33.1 Å². The van der Waals surface area contributed by atoms with Gasteiger partial charge in [0, 0.05) is 23.8 Å². The van der Waals surface area contributed by atoms with Crippen LogP contribution in [-0.2, 0) is 0 Å². The molecule has 1 saturated heterocycles. The summed E-state index contributed by atoms with van der Waals surface area (Å²) in [6.07, 6.45) is -11.7. The van der Waals surface area contributed by atoms with E-state index in [9.17, 15) is 5.11 Å². The highest BCUT2D eigenvalue weighted by molar-refractivity contribution is 4.79. The van der Waals surface area contributed by atoms with Gasteiger partial charge in [-0.3, -0.25) is 0 Å². The molecular weight excluding hydrogens is 114 g/mol. The second kappa shape index (κ2) is 2.67. The average molecular weight is 143 g/mol. The second-order valence-corrected chi connectivity index (χ2v) is 1.39. The van der Waals surface area contributed by atoms with E-state index in [2.05, 4.69) is 0 Å². The van der Waals surface area contributed by atoms with Gasteiger partial charge in [-0.2, -0.15) is 0 Å². The molecule has 0 aliphatic carbocycles.